The molecule has 19 heavy (non-hydrogen) atoms. The molecule has 1 N–H and O–H groups in total. The van der Waals surface area contributed by atoms with Crippen LogP contribution >= 0.6 is 15.9 Å². The summed E-state index contributed by atoms with van der Waals surface area (Å²) in [5.41, 5.74) is 3.56. The molecule has 2 aromatic rings. The first-order chi connectivity index (χ1) is 9.24. The molecule has 0 bridgehead atoms. The van der Waals surface area contributed by atoms with Crippen molar-refractivity contribution < 1.29 is 0 Å². The van der Waals surface area contributed by atoms with Crippen molar-refractivity contribution in [2.45, 2.75) is 18.8 Å². The quantitative estimate of drug-likeness (QED) is 0.920. The molecule has 0 radical (unpaired) electrons. The van der Waals surface area contributed by atoms with Gasteiger partial charge in [-0.3, -0.25) is 4.68 Å². The largest absolute Gasteiger partial charge is 0.316 e. The number of rotatable bonds is 2. The third-order valence-electron chi connectivity index (χ3n) is 3.75. The molecule has 1 aliphatic rings. The molecule has 2 heterocycles. The van der Waals surface area contributed by atoms with Gasteiger partial charge in [0, 0.05) is 35.2 Å². The number of benzene rings is 1. The Labute approximate surface area is 122 Å². The topological polar surface area (TPSA) is 29.9 Å². The fraction of sp³-hybridized carbons (Fsp3) is 0.400. The van der Waals surface area contributed by atoms with Crippen molar-refractivity contribution in [1.82, 2.24) is 15.1 Å². The van der Waals surface area contributed by atoms with Crippen LogP contribution in [0.3, 0.4) is 0 Å². The second-order valence-electron chi connectivity index (χ2n) is 5.13. The van der Waals surface area contributed by atoms with Crippen LogP contribution in [0.1, 0.15) is 24.5 Å². The zero-order valence-corrected chi connectivity index (χ0v) is 12.7. The normalized spacial score (nSPS) is 19.6. The highest BCUT2D eigenvalue weighted by atomic mass is 79.9. The molecule has 1 aliphatic heterocycles. The number of nitrogens with zero attached hydrogens (tertiary/aromatic N) is 2. The van der Waals surface area contributed by atoms with Crippen LogP contribution in [-0.2, 0) is 7.05 Å². The Morgan fingerprint density at radius 1 is 1.37 bits per heavy atom. The SMILES string of the molecule is Cn1nc(-c2cccc(Br)c2)cc1C1CCCNC1. The minimum Gasteiger partial charge on any atom is -0.316 e. The Kier molecular flexibility index (Phi) is 3.71. The van der Waals surface area contributed by atoms with E-state index in [9.17, 15) is 0 Å². The molecule has 100 valence electrons. The fourth-order valence-corrected chi connectivity index (χ4v) is 3.16. The van der Waals surface area contributed by atoms with Gasteiger partial charge in [-0.2, -0.15) is 5.10 Å². The lowest BCUT2D eigenvalue weighted by Crippen LogP contribution is -2.29. The van der Waals surface area contributed by atoms with Gasteiger partial charge in [0.25, 0.3) is 0 Å². The highest BCUT2D eigenvalue weighted by Crippen LogP contribution is 2.28. The van der Waals surface area contributed by atoms with E-state index < -0.39 is 0 Å². The van der Waals surface area contributed by atoms with E-state index in [0.717, 1.165) is 23.3 Å². The Morgan fingerprint density at radius 3 is 3.00 bits per heavy atom. The van der Waals surface area contributed by atoms with Crippen LogP contribution in [0.5, 0.6) is 0 Å². The number of nitrogens with one attached hydrogen (secondary N) is 1. The minimum absolute atomic E-state index is 0.590. The Hall–Kier alpha value is -1.13. The highest BCUT2D eigenvalue weighted by Gasteiger charge is 2.19. The van der Waals surface area contributed by atoms with Crippen molar-refractivity contribution >= 4 is 15.9 Å². The van der Waals surface area contributed by atoms with E-state index >= 15 is 0 Å². The van der Waals surface area contributed by atoms with Gasteiger partial charge in [0.2, 0.25) is 0 Å². The smallest absolute Gasteiger partial charge is 0.0926 e. The third-order valence-corrected chi connectivity index (χ3v) is 4.24. The fourth-order valence-electron chi connectivity index (χ4n) is 2.76. The number of aryl methyl sites for hydroxylation is 1. The van der Waals surface area contributed by atoms with E-state index in [1.807, 2.05) is 17.8 Å². The van der Waals surface area contributed by atoms with Gasteiger partial charge < -0.3 is 5.32 Å². The van der Waals surface area contributed by atoms with E-state index in [0.29, 0.717) is 5.92 Å². The standard InChI is InChI=1S/C15H18BrN3/c1-19-15(12-5-3-7-17-10-12)9-14(18-19)11-4-2-6-13(16)8-11/h2,4,6,8-9,12,17H,3,5,7,10H2,1H3. The van der Waals surface area contributed by atoms with Gasteiger partial charge in [-0.15, -0.1) is 0 Å². The predicted octanol–water partition coefficient (Wildman–Crippen LogP) is 3.32. The van der Waals surface area contributed by atoms with E-state index in [1.54, 1.807) is 0 Å². The monoisotopic (exact) mass is 319 g/mol. The van der Waals surface area contributed by atoms with Crippen molar-refractivity contribution in [3.8, 4) is 11.3 Å². The second kappa shape index (κ2) is 5.47. The van der Waals surface area contributed by atoms with Crippen molar-refractivity contribution in [2.75, 3.05) is 13.1 Å². The molecule has 0 aliphatic carbocycles. The number of piperidine rings is 1. The maximum Gasteiger partial charge on any atom is 0.0926 e. The van der Waals surface area contributed by atoms with Crippen LogP contribution in [0.15, 0.2) is 34.8 Å². The average Bonchev–Trinajstić information content (AvgIpc) is 2.82. The zero-order chi connectivity index (χ0) is 13.2. The van der Waals surface area contributed by atoms with E-state index in [-0.39, 0.29) is 0 Å². The Balaban J connectivity index is 1.92. The number of aromatic nitrogens is 2. The molecule has 1 aromatic carbocycles. The van der Waals surface area contributed by atoms with Gasteiger partial charge in [-0.05, 0) is 37.6 Å². The number of halogens is 1. The Morgan fingerprint density at radius 2 is 2.26 bits per heavy atom. The molecule has 0 spiro atoms. The van der Waals surface area contributed by atoms with Crippen LogP contribution in [0.25, 0.3) is 11.3 Å². The summed E-state index contributed by atoms with van der Waals surface area (Å²) in [5, 5.41) is 8.14. The van der Waals surface area contributed by atoms with Crippen LogP contribution < -0.4 is 5.32 Å². The molecule has 0 amide bonds. The van der Waals surface area contributed by atoms with Gasteiger partial charge in [0.05, 0.1) is 5.69 Å². The molecular weight excluding hydrogens is 302 g/mol. The summed E-state index contributed by atoms with van der Waals surface area (Å²) in [4.78, 5) is 0. The first-order valence-corrected chi connectivity index (χ1v) is 7.54. The summed E-state index contributed by atoms with van der Waals surface area (Å²) in [7, 11) is 2.05. The van der Waals surface area contributed by atoms with E-state index in [4.69, 9.17) is 0 Å². The van der Waals surface area contributed by atoms with Crippen molar-refractivity contribution in [3.63, 3.8) is 0 Å². The highest BCUT2D eigenvalue weighted by molar-refractivity contribution is 9.10. The molecular formula is C15H18BrN3. The predicted molar refractivity (Wildman–Crippen MR) is 81.2 cm³/mol. The lowest BCUT2D eigenvalue weighted by Gasteiger charge is -2.22. The molecule has 1 fully saturated rings. The molecule has 1 saturated heterocycles. The summed E-state index contributed by atoms with van der Waals surface area (Å²) < 4.78 is 3.13. The van der Waals surface area contributed by atoms with Gasteiger partial charge in [-0.1, -0.05) is 28.1 Å². The lowest BCUT2D eigenvalue weighted by molar-refractivity contribution is 0.441. The molecule has 3 rings (SSSR count). The van der Waals surface area contributed by atoms with E-state index in [2.05, 4.69) is 50.6 Å². The Bertz CT molecular complexity index is 571. The molecule has 0 saturated carbocycles. The maximum atomic E-state index is 4.67. The van der Waals surface area contributed by atoms with Crippen LogP contribution in [0.2, 0.25) is 0 Å². The molecule has 1 unspecified atom stereocenters. The summed E-state index contributed by atoms with van der Waals surface area (Å²) in [5.74, 6) is 0.590. The third kappa shape index (κ3) is 2.74. The second-order valence-corrected chi connectivity index (χ2v) is 6.05. The first kappa shape index (κ1) is 12.9. The van der Waals surface area contributed by atoms with Crippen LogP contribution in [0.4, 0.5) is 0 Å². The van der Waals surface area contributed by atoms with Crippen molar-refractivity contribution in [3.05, 3.63) is 40.5 Å². The average molecular weight is 320 g/mol. The molecule has 4 heteroatoms. The summed E-state index contributed by atoms with van der Waals surface area (Å²) in [6.07, 6.45) is 2.51. The first-order valence-electron chi connectivity index (χ1n) is 6.74. The summed E-state index contributed by atoms with van der Waals surface area (Å²) in [6.45, 7) is 2.21. The molecule has 3 nitrogen and oxygen atoms in total. The summed E-state index contributed by atoms with van der Waals surface area (Å²) in [6, 6.07) is 10.6. The van der Waals surface area contributed by atoms with Gasteiger partial charge in [0.15, 0.2) is 0 Å². The summed E-state index contributed by atoms with van der Waals surface area (Å²) >= 11 is 3.52. The molecule has 1 aromatic heterocycles. The van der Waals surface area contributed by atoms with Gasteiger partial charge >= 0.3 is 0 Å². The maximum absolute atomic E-state index is 4.67. The lowest BCUT2D eigenvalue weighted by atomic mass is 9.95. The van der Waals surface area contributed by atoms with Crippen molar-refractivity contribution in [2.24, 2.45) is 7.05 Å². The van der Waals surface area contributed by atoms with Crippen LogP contribution in [0, 0.1) is 0 Å². The van der Waals surface area contributed by atoms with Crippen LogP contribution in [-0.4, -0.2) is 22.9 Å². The van der Waals surface area contributed by atoms with E-state index in [1.165, 1.54) is 24.1 Å². The van der Waals surface area contributed by atoms with Gasteiger partial charge in [-0.25, -0.2) is 0 Å². The number of hydrogen-bond donors (Lipinski definition) is 1. The van der Waals surface area contributed by atoms with Crippen molar-refractivity contribution in [1.29, 1.82) is 0 Å². The zero-order valence-electron chi connectivity index (χ0n) is 11.1. The molecule has 1 atom stereocenters. The number of hydrogen-bond acceptors (Lipinski definition) is 2. The minimum atomic E-state index is 0.590. The van der Waals surface area contributed by atoms with Gasteiger partial charge in [0.1, 0.15) is 0 Å².